The summed E-state index contributed by atoms with van der Waals surface area (Å²) in [6, 6.07) is 0. The average Bonchev–Trinajstić information content (AvgIpc) is 2.03. The van der Waals surface area contributed by atoms with Crippen LogP contribution < -0.4 is 16.5 Å². The molecule has 0 unspecified atom stereocenters. The first-order valence-electron chi connectivity index (χ1n) is 3.92. The number of nitrogens with one attached hydrogen (secondary N) is 3. The third kappa shape index (κ3) is 9.32. The average molecular weight is 159 g/mol. The van der Waals surface area contributed by atoms with E-state index in [0.29, 0.717) is 0 Å². The van der Waals surface area contributed by atoms with E-state index >= 15 is 0 Å². The third-order valence-electron chi connectivity index (χ3n) is 1.28. The van der Waals surface area contributed by atoms with Crippen molar-refractivity contribution in [1.29, 1.82) is 5.53 Å². The second-order valence-electron chi connectivity index (χ2n) is 2.27. The Hall–Kier alpha value is -0.680. The van der Waals surface area contributed by atoms with Gasteiger partial charge in [-0.2, -0.15) is 5.53 Å². The molecule has 0 bridgehead atoms. The fourth-order valence-electron chi connectivity index (χ4n) is 0.700. The molecule has 0 amide bonds. The smallest absolute Gasteiger partial charge is 0.0358 e. The van der Waals surface area contributed by atoms with Crippen molar-refractivity contribution in [1.82, 2.24) is 10.7 Å². The van der Waals surface area contributed by atoms with Gasteiger partial charge >= 0.3 is 0 Å². The fraction of sp³-hybridized carbons (Fsp3) is 1.00. The molecule has 0 rings (SSSR count). The van der Waals surface area contributed by atoms with E-state index in [4.69, 9.17) is 11.3 Å². The molecule has 0 spiro atoms. The Morgan fingerprint density at radius 2 is 1.91 bits per heavy atom. The SMILES string of the molecule is N=NNCCCNCCCN. The van der Waals surface area contributed by atoms with E-state index in [1.54, 1.807) is 0 Å². The summed E-state index contributed by atoms with van der Waals surface area (Å²) in [5.41, 5.74) is 14.3. The lowest BCUT2D eigenvalue weighted by Gasteiger charge is -2.01. The standard InChI is InChI=1S/C6H17N5/c7-3-1-4-9-5-2-6-10-11-8/h9H,1-7H2,(H2,8,10). The summed E-state index contributed by atoms with van der Waals surface area (Å²) in [7, 11) is 0. The van der Waals surface area contributed by atoms with Gasteiger partial charge in [0, 0.05) is 6.54 Å². The second kappa shape index (κ2) is 9.32. The van der Waals surface area contributed by atoms with Crippen LogP contribution in [0.1, 0.15) is 12.8 Å². The molecular formula is C6H17N5. The lowest BCUT2D eigenvalue weighted by molar-refractivity contribution is 0.581. The Balaban J connectivity index is 2.74. The van der Waals surface area contributed by atoms with Crippen LogP contribution in [0.15, 0.2) is 5.22 Å². The molecule has 0 saturated carbocycles. The highest BCUT2D eigenvalue weighted by Gasteiger charge is 1.85. The van der Waals surface area contributed by atoms with Crippen LogP contribution >= 0.6 is 0 Å². The Bertz CT molecular complexity index is 85.0. The molecule has 0 fully saturated rings. The van der Waals surface area contributed by atoms with Crippen LogP contribution in [0.2, 0.25) is 0 Å². The first kappa shape index (κ1) is 10.3. The summed E-state index contributed by atoms with van der Waals surface area (Å²) in [4.78, 5) is 0. The fourth-order valence-corrected chi connectivity index (χ4v) is 0.700. The zero-order valence-corrected chi connectivity index (χ0v) is 6.77. The van der Waals surface area contributed by atoms with Gasteiger partial charge in [0.25, 0.3) is 0 Å². The Kier molecular flexibility index (Phi) is 8.74. The maximum absolute atomic E-state index is 6.43. The number of nitrogens with two attached hydrogens (primary N) is 1. The van der Waals surface area contributed by atoms with Gasteiger partial charge in [0.1, 0.15) is 0 Å². The maximum atomic E-state index is 6.43. The van der Waals surface area contributed by atoms with Gasteiger partial charge in [-0.05, 0) is 32.5 Å². The molecule has 5 N–H and O–H groups in total. The molecule has 0 aromatic heterocycles. The highest BCUT2D eigenvalue weighted by Crippen LogP contribution is 1.74. The van der Waals surface area contributed by atoms with E-state index in [-0.39, 0.29) is 0 Å². The lowest BCUT2D eigenvalue weighted by Crippen LogP contribution is -2.22. The van der Waals surface area contributed by atoms with Gasteiger partial charge in [0.05, 0.1) is 0 Å². The maximum Gasteiger partial charge on any atom is 0.0358 e. The van der Waals surface area contributed by atoms with Crippen LogP contribution in [-0.2, 0) is 0 Å². The van der Waals surface area contributed by atoms with Crippen LogP contribution in [0.25, 0.3) is 0 Å². The molecule has 5 nitrogen and oxygen atoms in total. The van der Waals surface area contributed by atoms with Crippen molar-refractivity contribution in [3.63, 3.8) is 0 Å². The van der Waals surface area contributed by atoms with Crippen LogP contribution in [0.4, 0.5) is 0 Å². The molecule has 0 aliphatic heterocycles. The molecule has 0 heterocycles. The Morgan fingerprint density at radius 1 is 1.18 bits per heavy atom. The van der Waals surface area contributed by atoms with E-state index in [9.17, 15) is 0 Å². The van der Waals surface area contributed by atoms with Gasteiger partial charge in [-0.15, -0.1) is 0 Å². The molecule has 5 heteroatoms. The summed E-state index contributed by atoms with van der Waals surface area (Å²) in [6.45, 7) is 3.45. The van der Waals surface area contributed by atoms with E-state index in [0.717, 1.165) is 39.0 Å². The van der Waals surface area contributed by atoms with Crippen LogP contribution in [0, 0.1) is 5.53 Å². The van der Waals surface area contributed by atoms with Crippen molar-refractivity contribution in [2.24, 2.45) is 11.0 Å². The van der Waals surface area contributed by atoms with Crippen molar-refractivity contribution >= 4 is 0 Å². The predicted octanol–water partition coefficient (Wildman–Crippen LogP) is -0.150. The van der Waals surface area contributed by atoms with E-state index in [1.807, 2.05) is 0 Å². The summed E-state index contributed by atoms with van der Waals surface area (Å²) >= 11 is 0. The summed E-state index contributed by atoms with van der Waals surface area (Å²) in [5, 5.41) is 6.24. The van der Waals surface area contributed by atoms with Gasteiger partial charge < -0.3 is 11.1 Å². The third-order valence-corrected chi connectivity index (χ3v) is 1.28. The van der Waals surface area contributed by atoms with Gasteiger partial charge in [-0.1, -0.05) is 5.22 Å². The van der Waals surface area contributed by atoms with Gasteiger partial charge in [-0.3, -0.25) is 5.43 Å². The molecule has 0 aliphatic carbocycles. The van der Waals surface area contributed by atoms with E-state index in [2.05, 4.69) is 16.0 Å². The zero-order valence-electron chi connectivity index (χ0n) is 6.77. The molecule has 0 aromatic carbocycles. The highest BCUT2D eigenvalue weighted by molar-refractivity contribution is 4.49. The second-order valence-corrected chi connectivity index (χ2v) is 2.27. The molecular weight excluding hydrogens is 142 g/mol. The van der Waals surface area contributed by atoms with Crippen molar-refractivity contribution in [2.75, 3.05) is 26.2 Å². The monoisotopic (exact) mass is 159 g/mol. The summed E-state index contributed by atoms with van der Waals surface area (Å²) < 4.78 is 0. The number of nitrogens with zero attached hydrogens (tertiary/aromatic N) is 1. The van der Waals surface area contributed by atoms with E-state index in [1.165, 1.54) is 0 Å². The Morgan fingerprint density at radius 3 is 2.55 bits per heavy atom. The zero-order chi connectivity index (χ0) is 8.36. The van der Waals surface area contributed by atoms with Crippen molar-refractivity contribution in [2.45, 2.75) is 12.8 Å². The first-order valence-corrected chi connectivity index (χ1v) is 3.92. The van der Waals surface area contributed by atoms with Crippen molar-refractivity contribution < 1.29 is 0 Å². The first-order chi connectivity index (χ1) is 5.41. The van der Waals surface area contributed by atoms with Crippen LogP contribution in [0.5, 0.6) is 0 Å². The minimum absolute atomic E-state index is 0.743. The minimum Gasteiger partial charge on any atom is -0.330 e. The molecule has 66 valence electrons. The van der Waals surface area contributed by atoms with E-state index < -0.39 is 0 Å². The van der Waals surface area contributed by atoms with Crippen LogP contribution in [-0.4, -0.2) is 26.2 Å². The quantitative estimate of drug-likeness (QED) is 0.226. The van der Waals surface area contributed by atoms with Gasteiger partial charge in [0.2, 0.25) is 0 Å². The summed E-state index contributed by atoms with van der Waals surface area (Å²) in [6.07, 6.45) is 2.02. The summed E-state index contributed by atoms with van der Waals surface area (Å²) in [5.74, 6) is 0. The van der Waals surface area contributed by atoms with Gasteiger partial charge in [0.15, 0.2) is 0 Å². The number of hydrogen-bond acceptors (Lipinski definition) is 4. The molecule has 0 aromatic rings. The highest BCUT2D eigenvalue weighted by atomic mass is 15.4. The van der Waals surface area contributed by atoms with Crippen LogP contribution in [0.3, 0.4) is 0 Å². The normalized spacial score (nSPS) is 9.55. The molecule has 0 atom stereocenters. The molecule has 11 heavy (non-hydrogen) atoms. The number of hydrogen-bond donors (Lipinski definition) is 4. The largest absolute Gasteiger partial charge is 0.330 e. The van der Waals surface area contributed by atoms with Crippen molar-refractivity contribution in [3.05, 3.63) is 0 Å². The number of rotatable bonds is 8. The molecule has 0 radical (unpaired) electrons. The topological polar surface area (TPSA) is 86.3 Å². The molecule has 0 aliphatic rings. The predicted molar refractivity (Wildman–Crippen MR) is 44.3 cm³/mol. The van der Waals surface area contributed by atoms with Crippen molar-refractivity contribution in [3.8, 4) is 0 Å². The lowest BCUT2D eigenvalue weighted by atomic mass is 10.4. The Labute approximate surface area is 67.2 Å². The minimum atomic E-state index is 0.743. The molecule has 0 saturated heterocycles. The van der Waals surface area contributed by atoms with Gasteiger partial charge in [-0.25, -0.2) is 0 Å².